The summed E-state index contributed by atoms with van der Waals surface area (Å²) in [5, 5.41) is 2.99. The quantitative estimate of drug-likeness (QED) is 0.942. The average molecular weight is 295 g/mol. The predicted octanol–water partition coefficient (Wildman–Crippen LogP) is 3.11. The molecule has 0 radical (unpaired) electrons. The summed E-state index contributed by atoms with van der Waals surface area (Å²) in [7, 11) is 1.81. The first-order valence-corrected chi connectivity index (χ1v) is 6.52. The van der Waals surface area contributed by atoms with E-state index >= 15 is 0 Å². The Morgan fingerprint density at radius 1 is 1.14 bits per heavy atom. The minimum absolute atomic E-state index is 0.280. The highest BCUT2D eigenvalue weighted by Gasteiger charge is 2.30. The van der Waals surface area contributed by atoms with Crippen LogP contribution in [0, 0.1) is 6.92 Å². The van der Waals surface area contributed by atoms with Crippen molar-refractivity contribution in [3.8, 4) is 0 Å². The van der Waals surface area contributed by atoms with Gasteiger partial charge in [0.25, 0.3) is 0 Å². The zero-order valence-electron chi connectivity index (χ0n) is 11.8. The largest absolute Gasteiger partial charge is 0.416 e. The fraction of sp³-hybridized carbons (Fsp3) is 0.333. The van der Waals surface area contributed by atoms with Crippen LogP contribution in [-0.2, 0) is 19.1 Å². The lowest BCUT2D eigenvalue weighted by molar-refractivity contribution is -0.137. The molecule has 2 aromatic rings. The highest BCUT2D eigenvalue weighted by atomic mass is 19.4. The van der Waals surface area contributed by atoms with Gasteiger partial charge in [0.05, 0.1) is 11.3 Å². The number of hydrogen-bond donors (Lipinski definition) is 1. The molecule has 0 unspecified atom stereocenters. The Labute approximate surface area is 121 Å². The number of nitrogens with zero attached hydrogens (tertiary/aromatic N) is 2. The third kappa shape index (κ3) is 4.26. The molecule has 0 saturated carbocycles. The molecule has 0 atom stereocenters. The molecule has 0 bridgehead atoms. The average Bonchev–Trinajstić information content (AvgIpc) is 2.37. The van der Waals surface area contributed by atoms with E-state index < -0.39 is 11.7 Å². The summed E-state index contributed by atoms with van der Waals surface area (Å²) >= 11 is 0. The van der Waals surface area contributed by atoms with Crippen LogP contribution in [0.4, 0.5) is 13.2 Å². The van der Waals surface area contributed by atoms with Crippen LogP contribution in [0.15, 0.2) is 30.3 Å². The van der Waals surface area contributed by atoms with E-state index in [9.17, 15) is 13.2 Å². The lowest BCUT2D eigenvalue weighted by atomic mass is 10.1. The molecule has 1 aromatic heterocycles. The van der Waals surface area contributed by atoms with Gasteiger partial charge in [0, 0.05) is 18.7 Å². The summed E-state index contributed by atoms with van der Waals surface area (Å²) in [5.74, 6) is 0.527. The Kier molecular flexibility index (Phi) is 4.57. The summed E-state index contributed by atoms with van der Waals surface area (Å²) < 4.78 is 38.1. The zero-order chi connectivity index (χ0) is 15.5. The molecule has 0 aliphatic heterocycles. The maximum atomic E-state index is 12.7. The van der Waals surface area contributed by atoms with Gasteiger partial charge in [-0.15, -0.1) is 0 Å². The number of rotatable bonds is 4. The summed E-state index contributed by atoms with van der Waals surface area (Å²) in [6, 6.07) is 7.11. The first-order chi connectivity index (χ1) is 9.88. The van der Waals surface area contributed by atoms with E-state index in [4.69, 9.17) is 0 Å². The van der Waals surface area contributed by atoms with Crippen molar-refractivity contribution in [3.63, 3.8) is 0 Å². The third-order valence-corrected chi connectivity index (χ3v) is 2.93. The van der Waals surface area contributed by atoms with Crippen molar-refractivity contribution < 1.29 is 13.2 Å². The molecule has 0 saturated heterocycles. The van der Waals surface area contributed by atoms with Crippen LogP contribution in [0.5, 0.6) is 0 Å². The smallest absolute Gasteiger partial charge is 0.314 e. The minimum Gasteiger partial charge on any atom is -0.314 e. The Bertz CT molecular complexity index is 624. The van der Waals surface area contributed by atoms with Crippen molar-refractivity contribution in [3.05, 3.63) is 58.7 Å². The van der Waals surface area contributed by atoms with Gasteiger partial charge in [0.15, 0.2) is 0 Å². The van der Waals surface area contributed by atoms with Gasteiger partial charge in [-0.25, -0.2) is 9.97 Å². The minimum atomic E-state index is -4.33. The second-order valence-electron chi connectivity index (χ2n) is 4.82. The Morgan fingerprint density at radius 3 is 2.57 bits per heavy atom. The summed E-state index contributed by atoms with van der Waals surface area (Å²) in [5.41, 5.74) is 1.53. The normalized spacial score (nSPS) is 11.7. The van der Waals surface area contributed by atoms with Crippen LogP contribution in [0.2, 0.25) is 0 Å². The fourth-order valence-corrected chi connectivity index (χ4v) is 2.09. The number of alkyl halides is 3. The topological polar surface area (TPSA) is 37.8 Å². The number of benzene rings is 1. The molecule has 112 valence electrons. The highest BCUT2D eigenvalue weighted by Crippen LogP contribution is 2.29. The lowest BCUT2D eigenvalue weighted by Crippen LogP contribution is -2.10. The van der Waals surface area contributed by atoms with Gasteiger partial charge in [-0.2, -0.15) is 13.2 Å². The Morgan fingerprint density at radius 2 is 1.90 bits per heavy atom. The van der Waals surface area contributed by atoms with Crippen LogP contribution >= 0.6 is 0 Å². The van der Waals surface area contributed by atoms with Crippen LogP contribution in [0.1, 0.15) is 28.3 Å². The van der Waals surface area contributed by atoms with Gasteiger partial charge in [0.1, 0.15) is 5.82 Å². The van der Waals surface area contributed by atoms with Crippen molar-refractivity contribution in [2.24, 2.45) is 0 Å². The van der Waals surface area contributed by atoms with Gasteiger partial charge in [-0.1, -0.05) is 18.2 Å². The third-order valence-electron chi connectivity index (χ3n) is 2.93. The predicted molar refractivity (Wildman–Crippen MR) is 73.8 cm³/mol. The van der Waals surface area contributed by atoms with E-state index in [0.29, 0.717) is 17.9 Å². The van der Waals surface area contributed by atoms with Gasteiger partial charge in [0.2, 0.25) is 0 Å². The molecular formula is C15H16F3N3. The van der Waals surface area contributed by atoms with Gasteiger partial charge >= 0.3 is 6.18 Å². The maximum absolute atomic E-state index is 12.7. The lowest BCUT2D eigenvalue weighted by Gasteiger charge is -2.09. The van der Waals surface area contributed by atoms with Crippen LogP contribution in [-0.4, -0.2) is 17.0 Å². The maximum Gasteiger partial charge on any atom is 0.416 e. The van der Waals surface area contributed by atoms with E-state index in [1.54, 1.807) is 6.07 Å². The van der Waals surface area contributed by atoms with Crippen molar-refractivity contribution in [2.75, 3.05) is 7.05 Å². The first kappa shape index (κ1) is 15.4. The van der Waals surface area contributed by atoms with Crippen molar-refractivity contribution >= 4 is 0 Å². The van der Waals surface area contributed by atoms with Crippen LogP contribution in [0.25, 0.3) is 0 Å². The van der Waals surface area contributed by atoms with E-state index in [2.05, 4.69) is 15.3 Å². The van der Waals surface area contributed by atoms with Crippen molar-refractivity contribution in [1.82, 2.24) is 15.3 Å². The SMILES string of the molecule is CNCc1cc(C)nc(Cc2cccc(C(F)(F)F)c2)n1. The number of hydrogen-bond acceptors (Lipinski definition) is 3. The van der Waals surface area contributed by atoms with Crippen molar-refractivity contribution in [2.45, 2.75) is 26.1 Å². The zero-order valence-corrected chi connectivity index (χ0v) is 11.8. The molecular weight excluding hydrogens is 279 g/mol. The second-order valence-corrected chi connectivity index (χ2v) is 4.82. The molecule has 2 rings (SSSR count). The van der Waals surface area contributed by atoms with Gasteiger partial charge in [-0.05, 0) is 31.7 Å². The molecule has 6 heteroatoms. The summed E-state index contributed by atoms with van der Waals surface area (Å²) in [4.78, 5) is 8.64. The molecule has 1 N–H and O–H groups in total. The molecule has 3 nitrogen and oxygen atoms in total. The molecule has 1 aromatic carbocycles. The second kappa shape index (κ2) is 6.22. The molecule has 0 fully saturated rings. The highest BCUT2D eigenvalue weighted by molar-refractivity contribution is 5.28. The molecule has 0 spiro atoms. The molecule has 21 heavy (non-hydrogen) atoms. The molecule has 0 aliphatic carbocycles. The number of aromatic nitrogens is 2. The number of halogens is 3. The molecule has 0 aliphatic rings. The van der Waals surface area contributed by atoms with E-state index in [1.807, 2.05) is 20.0 Å². The number of nitrogens with one attached hydrogen (secondary N) is 1. The van der Waals surface area contributed by atoms with Crippen LogP contribution < -0.4 is 5.32 Å². The van der Waals surface area contributed by atoms with E-state index in [0.717, 1.165) is 23.5 Å². The standard InChI is InChI=1S/C15H16F3N3/c1-10-6-13(9-19-2)21-14(20-10)8-11-4-3-5-12(7-11)15(16,17)18/h3-7,19H,8-9H2,1-2H3. The van der Waals surface area contributed by atoms with Crippen molar-refractivity contribution in [1.29, 1.82) is 0 Å². The van der Waals surface area contributed by atoms with E-state index in [1.165, 1.54) is 6.07 Å². The Balaban J connectivity index is 2.26. The van der Waals surface area contributed by atoms with Gasteiger partial charge in [-0.3, -0.25) is 0 Å². The van der Waals surface area contributed by atoms with Crippen LogP contribution in [0.3, 0.4) is 0 Å². The van der Waals surface area contributed by atoms with Gasteiger partial charge < -0.3 is 5.32 Å². The Hall–Kier alpha value is -1.95. The van der Waals surface area contributed by atoms with E-state index in [-0.39, 0.29) is 6.42 Å². The summed E-state index contributed by atoms with van der Waals surface area (Å²) in [6.45, 7) is 2.44. The fourth-order valence-electron chi connectivity index (χ4n) is 2.09. The monoisotopic (exact) mass is 295 g/mol. The summed E-state index contributed by atoms with van der Waals surface area (Å²) in [6.07, 6.45) is -4.05. The molecule has 0 amide bonds. The first-order valence-electron chi connectivity index (χ1n) is 6.52. The molecule has 1 heterocycles. The number of aryl methyl sites for hydroxylation is 1.